The number of aryl methyl sites for hydroxylation is 1. The number of nitrogens with one attached hydrogen (secondary N) is 1. The fourth-order valence-electron chi connectivity index (χ4n) is 3.65. The number of hydrogen-bond donors (Lipinski definition) is 1. The minimum Gasteiger partial charge on any atom is -0.353 e. The summed E-state index contributed by atoms with van der Waals surface area (Å²) in [4.78, 5) is 32.0. The molecule has 0 spiro atoms. The molecule has 0 bridgehead atoms. The van der Waals surface area contributed by atoms with Gasteiger partial charge in [0.2, 0.25) is 11.6 Å². The molecule has 3 aromatic rings. The second-order valence-electron chi connectivity index (χ2n) is 6.90. The number of aromatic nitrogens is 5. The Kier molecular flexibility index (Phi) is 4.85. The van der Waals surface area contributed by atoms with Gasteiger partial charge in [0.1, 0.15) is 12.4 Å². The summed E-state index contributed by atoms with van der Waals surface area (Å²) in [6.07, 6.45) is 5.38. The van der Waals surface area contributed by atoms with Crippen molar-refractivity contribution >= 4 is 22.7 Å². The summed E-state index contributed by atoms with van der Waals surface area (Å²) >= 11 is 0. The lowest BCUT2D eigenvalue weighted by Gasteiger charge is -2.26. The zero-order valence-corrected chi connectivity index (χ0v) is 15.4. The van der Waals surface area contributed by atoms with Crippen LogP contribution in [0.2, 0.25) is 0 Å². The van der Waals surface area contributed by atoms with E-state index in [2.05, 4.69) is 25.4 Å². The Bertz CT molecular complexity index is 1030. The van der Waals surface area contributed by atoms with Gasteiger partial charge in [-0.3, -0.25) is 18.6 Å². The molecule has 4 heterocycles. The van der Waals surface area contributed by atoms with Crippen LogP contribution in [0.1, 0.15) is 25.1 Å². The van der Waals surface area contributed by atoms with Gasteiger partial charge >= 0.3 is 0 Å². The van der Waals surface area contributed by atoms with Crippen molar-refractivity contribution in [2.75, 3.05) is 26.2 Å². The average Bonchev–Trinajstić information content (AvgIpc) is 3.08. The zero-order chi connectivity index (χ0) is 18.8. The van der Waals surface area contributed by atoms with Gasteiger partial charge in [-0.15, -0.1) is 10.2 Å². The minimum absolute atomic E-state index is 0.0660. The Labute approximate surface area is 156 Å². The predicted molar refractivity (Wildman–Crippen MR) is 101 cm³/mol. The molecule has 3 aromatic heterocycles. The van der Waals surface area contributed by atoms with Crippen LogP contribution in [0.5, 0.6) is 0 Å². The number of amides is 1. The van der Waals surface area contributed by atoms with E-state index in [9.17, 15) is 9.59 Å². The van der Waals surface area contributed by atoms with E-state index in [4.69, 9.17) is 0 Å². The number of carbonyl (C=O) groups excluding carboxylic acids is 1. The summed E-state index contributed by atoms with van der Waals surface area (Å²) in [6, 6.07) is 3.53. The molecule has 0 unspecified atom stereocenters. The number of carbonyl (C=O) groups is 1. The van der Waals surface area contributed by atoms with E-state index in [0.717, 1.165) is 19.6 Å². The van der Waals surface area contributed by atoms with Crippen LogP contribution in [0.4, 0.5) is 0 Å². The Hall–Kier alpha value is -2.81. The first-order chi connectivity index (χ1) is 13.1. The number of fused-ring (bicyclic) bond motifs is 3. The molecule has 0 atom stereocenters. The van der Waals surface area contributed by atoms with Crippen LogP contribution in [-0.4, -0.2) is 61.1 Å². The number of rotatable bonds is 5. The Morgan fingerprint density at radius 2 is 2.00 bits per heavy atom. The Morgan fingerprint density at radius 1 is 1.19 bits per heavy atom. The van der Waals surface area contributed by atoms with Gasteiger partial charge in [0.05, 0.1) is 5.52 Å². The highest BCUT2D eigenvalue weighted by Gasteiger charge is 2.17. The molecule has 1 saturated heterocycles. The quantitative estimate of drug-likeness (QED) is 0.697. The van der Waals surface area contributed by atoms with E-state index in [1.54, 1.807) is 29.7 Å². The Balaban J connectivity index is 1.55. The van der Waals surface area contributed by atoms with E-state index >= 15 is 0 Å². The molecular weight excluding hydrogens is 346 g/mol. The lowest BCUT2D eigenvalue weighted by molar-refractivity contribution is -0.121. The highest BCUT2D eigenvalue weighted by Crippen LogP contribution is 2.12. The Morgan fingerprint density at radius 3 is 2.81 bits per heavy atom. The van der Waals surface area contributed by atoms with Crippen molar-refractivity contribution in [1.29, 1.82) is 0 Å². The normalized spacial score (nSPS) is 15.4. The predicted octanol–water partition coefficient (Wildman–Crippen LogP) is 0.350. The van der Waals surface area contributed by atoms with Gasteiger partial charge in [0.25, 0.3) is 5.56 Å². The van der Waals surface area contributed by atoms with E-state index in [1.165, 1.54) is 23.8 Å². The maximum Gasteiger partial charge on any atom is 0.297 e. The van der Waals surface area contributed by atoms with Crippen LogP contribution < -0.4 is 10.9 Å². The molecule has 4 rings (SSSR count). The number of nitrogens with zero attached hydrogens (tertiary/aromatic N) is 6. The minimum atomic E-state index is -0.345. The van der Waals surface area contributed by atoms with Crippen molar-refractivity contribution in [2.24, 2.45) is 0 Å². The lowest BCUT2D eigenvalue weighted by Crippen LogP contribution is -2.39. The largest absolute Gasteiger partial charge is 0.353 e. The van der Waals surface area contributed by atoms with Crippen molar-refractivity contribution in [3.8, 4) is 0 Å². The molecule has 1 N–H and O–H groups in total. The van der Waals surface area contributed by atoms with Crippen molar-refractivity contribution in [1.82, 2.24) is 34.4 Å². The van der Waals surface area contributed by atoms with E-state index in [1.807, 2.05) is 0 Å². The van der Waals surface area contributed by atoms with Crippen LogP contribution in [0, 0.1) is 6.92 Å². The van der Waals surface area contributed by atoms with Gasteiger partial charge in [-0.1, -0.05) is 6.42 Å². The number of hydrogen-bond acceptors (Lipinski definition) is 6. The fraction of sp³-hybridized carbons (Fsp3) is 0.500. The number of pyridine rings is 1. The summed E-state index contributed by atoms with van der Waals surface area (Å²) in [6.45, 7) is 5.30. The SMILES string of the molecule is Cc1nnc2c(=O)n(CC(=O)NCCN3CCCCC3)c3cccnc3n12. The molecular formula is C18H23N7O2. The second kappa shape index (κ2) is 7.43. The molecule has 1 fully saturated rings. The summed E-state index contributed by atoms with van der Waals surface area (Å²) < 4.78 is 3.05. The molecule has 142 valence electrons. The van der Waals surface area contributed by atoms with Crippen molar-refractivity contribution in [3.63, 3.8) is 0 Å². The second-order valence-corrected chi connectivity index (χ2v) is 6.90. The molecule has 27 heavy (non-hydrogen) atoms. The molecule has 1 aliphatic rings. The molecule has 0 aromatic carbocycles. The summed E-state index contributed by atoms with van der Waals surface area (Å²) in [5.74, 6) is 0.392. The molecule has 9 heteroatoms. The van der Waals surface area contributed by atoms with Crippen molar-refractivity contribution < 1.29 is 4.79 Å². The van der Waals surface area contributed by atoms with E-state index in [0.29, 0.717) is 23.5 Å². The zero-order valence-electron chi connectivity index (χ0n) is 15.4. The monoisotopic (exact) mass is 369 g/mol. The third-order valence-corrected chi connectivity index (χ3v) is 5.03. The van der Waals surface area contributed by atoms with Gasteiger partial charge in [-0.2, -0.15) is 0 Å². The molecule has 0 radical (unpaired) electrons. The van der Waals surface area contributed by atoms with Gasteiger partial charge in [0.15, 0.2) is 5.65 Å². The van der Waals surface area contributed by atoms with Crippen LogP contribution in [-0.2, 0) is 11.3 Å². The summed E-state index contributed by atoms with van der Waals surface area (Å²) in [5.41, 5.74) is 0.988. The average molecular weight is 369 g/mol. The summed E-state index contributed by atoms with van der Waals surface area (Å²) in [7, 11) is 0. The smallest absolute Gasteiger partial charge is 0.297 e. The molecule has 9 nitrogen and oxygen atoms in total. The van der Waals surface area contributed by atoms with Crippen LogP contribution >= 0.6 is 0 Å². The van der Waals surface area contributed by atoms with Gasteiger partial charge < -0.3 is 10.2 Å². The summed E-state index contributed by atoms with van der Waals surface area (Å²) in [5, 5.41) is 10.9. The van der Waals surface area contributed by atoms with Gasteiger partial charge in [0, 0.05) is 19.3 Å². The molecule has 1 aliphatic heterocycles. The maximum absolute atomic E-state index is 12.8. The highest BCUT2D eigenvalue weighted by atomic mass is 16.2. The third kappa shape index (κ3) is 3.42. The van der Waals surface area contributed by atoms with Crippen molar-refractivity contribution in [3.05, 3.63) is 34.5 Å². The van der Waals surface area contributed by atoms with E-state index in [-0.39, 0.29) is 23.7 Å². The van der Waals surface area contributed by atoms with E-state index < -0.39 is 0 Å². The fourth-order valence-corrected chi connectivity index (χ4v) is 3.65. The van der Waals surface area contributed by atoms with Gasteiger partial charge in [-0.05, 0) is 45.0 Å². The lowest BCUT2D eigenvalue weighted by atomic mass is 10.1. The maximum atomic E-state index is 12.8. The third-order valence-electron chi connectivity index (χ3n) is 5.03. The van der Waals surface area contributed by atoms with Crippen molar-refractivity contribution in [2.45, 2.75) is 32.7 Å². The molecule has 0 saturated carbocycles. The number of likely N-dealkylation sites (tertiary alicyclic amines) is 1. The van der Waals surface area contributed by atoms with Crippen LogP contribution in [0.15, 0.2) is 23.1 Å². The van der Waals surface area contributed by atoms with Crippen LogP contribution in [0.3, 0.4) is 0 Å². The first-order valence-electron chi connectivity index (χ1n) is 9.33. The highest BCUT2D eigenvalue weighted by molar-refractivity contribution is 5.80. The van der Waals surface area contributed by atoms with Gasteiger partial charge in [-0.25, -0.2) is 4.98 Å². The first-order valence-corrected chi connectivity index (χ1v) is 9.33. The molecule has 0 aliphatic carbocycles. The van der Waals surface area contributed by atoms with Crippen LogP contribution in [0.25, 0.3) is 16.8 Å². The standard InChI is InChI=1S/C18H23N7O2/c1-13-21-22-17-18(27)24(14-6-5-7-20-16(14)25(13)17)12-15(26)19-8-11-23-9-3-2-4-10-23/h5-7H,2-4,8-12H2,1H3,(H,19,26). The first kappa shape index (κ1) is 17.6. The topological polar surface area (TPSA) is 97.4 Å². The molecule has 1 amide bonds. The number of piperidine rings is 1.